The molecule has 0 atom stereocenters. The van der Waals surface area contributed by atoms with E-state index >= 15 is 0 Å². The molecule has 0 bridgehead atoms. The van der Waals surface area contributed by atoms with Gasteiger partial charge in [0, 0.05) is 12.1 Å². The van der Waals surface area contributed by atoms with Gasteiger partial charge < -0.3 is 9.72 Å². The highest BCUT2D eigenvalue weighted by molar-refractivity contribution is 9.10. The molecule has 0 unspecified atom stereocenters. The van der Waals surface area contributed by atoms with Gasteiger partial charge in [0.2, 0.25) is 0 Å². The summed E-state index contributed by atoms with van der Waals surface area (Å²) in [5.74, 6) is 0.523. The van der Waals surface area contributed by atoms with E-state index in [9.17, 15) is 19.7 Å². The Bertz CT molecular complexity index is 1480. The highest BCUT2D eigenvalue weighted by Crippen LogP contribution is 2.26. The van der Waals surface area contributed by atoms with Gasteiger partial charge in [0.25, 0.3) is 11.2 Å². The summed E-state index contributed by atoms with van der Waals surface area (Å²) in [5.41, 5.74) is 0.570. The predicted molar refractivity (Wildman–Crippen MR) is 123 cm³/mol. The number of fused-ring (bicyclic) bond motifs is 1. The van der Waals surface area contributed by atoms with E-state index in [4.69, 9.17) is 4.74 Å². The largest absolute Gasteiger partial charge is 0.488 e. The molecule has 10 heteroatoms. The molecule has 0 amide bonds. The highest BCUT2D eigenvalue weighted by atomic mass is 79.9. The van der Waals surface area contributed by atoms with E-state index in [1.165, 1.54) is 18.3 Å². The van der Waals surface area contributed by atoms with Crippen LogP contribution in [0.1, 0.15) is 11.1 Å². The monoisotopic (exact) mass is 494 g/mol. The molecule has 0 aliphatic rings. The summed E-state index contributed by atoms with van der Waals surface area (Å²) in [6.45, 7) is 0.148. The summed E-state index contributed by atoms with van der Waals surface area (Å²) < 4.78 is 7.12. The van der Waals surface area contributed by atoms with Gasteiger partial charge in [-0.2, -0.15) is 5.10 Å². The Balaban J connectivity index is 1.53. The molecule has 0 saturated heterocycles. The van der Waals surface area contributed by atoms with Crippen molar-refractivity contribution in [3.63, 3.8) is 0 Å². The number of nitro groups is 1. The van der Waals surface area contributed by atoms with Crippen LogP contribution < -0.4 is 16.0 Å². The zero-order valence-electron chi connectivity index (χ0n) is 16.4. The van der Waals surface area contributed by atoms with Crippen molar-refractivity contribution in [2.45, 2.75) is 6.61 Å². The van der Waals surface area contributed by atoms with Gasteiger partial charge >= 0.3 is 5.69 Å². The van der Waals surface area contributed by atoms with E-state index in [0.717, 1.165) is 4.68 Å². The first-order chi connectivity index (χ1) is 15.4. The Morgan fingerprint density at radius 3 is 2.69 bits per heavy atom. The molecule has 0 aliphatic carbocycles. The number of nitro benzene ring substituents is 1. The molecule has 32 heavy (non-hydrogen) atoms. The van der Waals surface area contributed by atoms with Crippen molar-refractivity contribution >= 4 is 38.7 Å². The normalized spacial score (nSPS) is 11.2. The molecule has 0 radical (unpaired) electrons. The summed E-state index contributed by atoms with van der Waals surface area (Å²) in [5, 5.41) is 15.3. The average molecular weight is 495 g/mol. The van der Waals surface area contributed by atoms with Crippen LogP contribution in [-0.2, 0) is 6.61 Å². The van der Waals surface area contributed by atoms with Gasteiger partial charge in [-0.05, 0) is 57.4 Å². The van der Waals surface area contributed by atoms with Crippen LogP contribution in [-0.4, -0.2) is 20.8 Å². The van der Waals surface area contributed by atoms with Gasteiger partial charge in [-0.15, -0.1) is 4.68 Å². The van der Waals surface area contributed by atoms with Crippen LogP contribution in [0.5, 0.6) is 5.75 Å². The number of benzene rings is 3. The van der Waals surface area contributed by atoms with Gasteiger partial charge in [0.05, 0.1) is 26.5 Å². The lowest BCUT2D eigenvalue weighted by atomic mass is 10.2. The average Bonchev–Trinajstić information content (AvgIpc) is 2.78. The van der Waals surface area contributed by atoms with Crippen molar-refractivity contribution < 1.29 is 9.66 Å². The number of non-ortho nitro benzene ring substituents is 1. The third-order valence-electron chi connectivity index (χ3n) is 4.58. The standard InChI is InChI=1S/C22H15BrN4O5/c23-18-11-14(8-9-20(18)32-13-15-4-3-5-16(10-15)27(30)31)12-24-26-21(28)17-6-1-2-7-19(17)25-22(26)29/h1-12H,13H2,(H,25,29). The maximum absolute atomic E-state index is 12.5. The first-order valence-corrected chi connectivity index (χ1v) is 10.2. The van der Waals surface area contributed by atoms with Crippen molar-refractivity contribution in [1.29, 1.82) is 0 Å². The van der Waals surface area contributed by atoms with E-state index in [0.29, 0.717) is 32.3 Å². The van der Waals surface area contributed by atoms with Crippen LogP contribution in [0, 0.1) is 10.1 Å². The summed E-state index contributed by atoms with van der Waals surface area (Å²) >= 11 is 3.41. The van der Waals surface area contributed by atoms with E-state index in [1.807, 2.05) is 0 Å². The van der Waals surface area contributed by atoms with Crippen molar-refractivity contribution in [3.8, 4) is 5.75 Å². The zero-order valence-corrected chi connectivity index (χ0v) is 18.0. The third kappa shape index (κ3) is 4.49. The summed E-state index contributed by atoms with van der Waals surface area (Å²) in [7, 11) is 0. The number of aromatic nitrogens is 2. The number of nitrogens with one attached hydrogen (secondary N) is 1. The van der Waals surface area contributed by atoms with E-state index in [-0.39, 0.29) is 12.3 Å². The molecule has 4 aromatic rings. The molecule has 0 spiro atoms. The van der Waals surface area contributed by atoms with Crippen molar-refractivity contribution in [3.05, 3.63) is 113 Å². The minimum Gasteiger partial charge on any atom is -0.488 e. The molecular weight excluding hydrogens is 480 g/mol. The van der Waals surface area contributed by atoms with E-state index in [1.54, 1.807) is 54.6 Å². The lowest BCUT2D eigenvalue weighted by Gasteiger charge is -2.09. The fraction of sp³-hybridized carbons (Fsp3) is 0.0455. The number of aromatic amines is 1. The zero-order chi connectivity index (χ0) is 22.7. The molecule has 3 aromatic carbocycles. The van der Waals surface area contributed by atoms with Crippen LogP contribution in [0.3, 0.4) is 0 Å². The summed E-state index contributed by atoms with van der Waals surface area (Å²) in [4.78, 5) is 37.8. The number of hydrogen-bond donors (Lipinski definition) is 1. The fourth-order valence-corrected chi connectivity index (χ4v) is 3.53. The molecule has 0 aliphatic heterocycles. The second-order valence-corrected chi connectivity index (χ2v) is 7.60. The van der Waals surface area contributed by atoms with Crippen molar-refractivity contribution in [1.82, 2.24) is 9.66 Å². The van der Waals surface area contributed by atoms with Gasteiger partial charge in [0.15, 0.2) is 0 Å². The molecule has 0 fully saturated rings. The summed E-state index contributed by atoms with van der Waals surface area (Å²) in [6, 6.07) is 18.0. The maximum atomic E-state index is 12.5. The Hall–Kier alpha value is -4.05. The molecular formula is C22H15BrN4O5. The SMILES string of the molecule is O=c1[nH]c2ccccc2c(=O)n1N=Cc1ccc(OCc2cccc([N+](=O)[O-])c2)c(Br)c1. The van der Waals surface area contributed by atoms with Crippen molar-refractivity contribution in [2.24, 2.45) is 5.10 Å². The molecule has 1 heterocycles. The van der Waals surface area contributed by atoms with Crippen LogP contribution >= 0.6 is 15.9 Å². The van der Waals surface area contributed by atoms with Gasteiger partial charge in [-0.1, -0.05) is 24.3 Å². The smallest absolute Gasteiger partial charge is 0.349 e. The number of hydrogen-bond acceptors (Lipinski definition) is 6. The number of H-pyrrole nitrogens is 1. The van der Waals surface area contributed by atoms with Crippen LogP contribution in [0.2, 0.25) is 0 Å². The quantitative estimate of drug-likeness (QED) is 0.248. The topological polar surface area (TPSA) is 120 Å². The number of halogens is 1. The second kappa shape index (κ2) is 8.98. The lowest BCUT2D eigenvalue weighted by molar-refractivity contribution is -0.384. The predicted octanol–water partition coefficient (Wildman–Crippen LogP) is 3.82. The number of para-hydroxylation sites is 1. The van der Waals surface area contributed by atoms with E-state index < -0.39 is 16.2 Å². The Morgan fingerprint density at radius 2 is 1.91 bits per heavy atom. The first kappa shape index (κ1) is 21.2. The minimum atomic E-state index is -0.638. The Labute approximate surface area is 188 Å². The molecule has 0 saturated carbocycles. The van der Waals surface area contributed by atoms with Gasteiger partial charge in [0.1, 0.15) is 12.4 Å². The number of nitrogens with zero attached hydrogens (tertiary/aromatic N) is 3. The summed E-state index contributed by atoms with van der Waals surface area (Å²) in [6.07, 6.45) is 1.39. The minimum absolute atomic E-state index is 0.00403. The second-order valence-electron chi connectivity index (χ2n) is 6.74. The Kier molecular flexibility index (Phi) is 5.95. The number of rotatable bonds is 6. The Morgan fingerprint density at radius 1 is 1.09 bits per heavy atom. The lowest BCUT2D eigenvalue weighted by Crippen LogP contribution is -2.32. The highest BCUT2D eigenvalue weighted by Gasteiger charge is 2.08. The molecule has 1 aromatic heterocycles. The molecule has 1 N–H and O–H groups in total. The van der Waals surface area contributed by atoms with Crippen LogP contribution in [0.25, 0.3) is 10.9 Å². The van der Waals surface area contributed by atoms with Crippen LogP contribution in [0.4, 0.5) is 5.69 Å². The maximum Gasteiger partial charge on any atom is 0.349 e. The molecule has 9 nitrogen and oxygen atoms in total. The van der Waals surface area contributed by atoms with E-state index in [2.05, 4.69) is 26.0 Å². The fourth-order valence-electron chi connectivity index (χ4n) is 3.02. The van der Waals surface area contributed by atoms with Gasteiger partial charge in [-0.3, -0.25) is 14.9 Å². The third-order valence-corrected chi connectivity index (χ3v) is 5.20. The molecule has 4 rings (SSSR count). The van der Waals surface area contributed by atoms with Gasteiger partial charge in [-0.25, -0.2) is 4.79 Å². The van der Waals surface area contributed by atoms with Crippen LogP contribution in [0.15, 0.2) is 85.9 Å². The first-order valence-electron chi connectivity index (χ1n) is 9.36. The number of ether oxygens (including phenoxy) is 1. The van der Waals surface area contributed by atoms with Crippen molar-refractivity contribution in [2.75, 3.05) is 0 Å². The molecule has 160 valence electrons.